The molecule has 140 valence electrons. The number of nitrogens with zero attached hydrogens (tertiary/aromatic N) is 5. The van der Waals surface area contributed by atoms with Crippen molar-refractivity contribution in [2.75, 3.05) is 11.9 Å². The number of rotatable bonds is 3. The smallest absolute Gasteiger partial charge is 0.164 e. The quantitative estimate of drug-likeness (QED) is 0.768. The zero-order valence-electron chi connectivity index (χ0n) is 15.6. The maximum absolute atomic E-state index is 6.26. The Hall–Kier alpha value is -2.54. The number of pyridine rings is 1. The van der Waals surface area contributed by atoms with Gasteiger partial charge in [-0.2, -0.15) is 5.10 Å². The molecule has 27 heavy (non-hydrogen) atoms. The van der Waals surface area contributed by atoms with Crippen LogP contribution in [0.3, 0.4) is 0 Å². The summed E-state index contributed by atoms with van der Waals surface area (Å²) in [4.78, 5) is 13.6. The van der Waals surface area contributed by atoms with E-state index in [1.165, 1.54) is 32.1 Å². The van der Waals surface area contributed by atoms with Crippen LogP contribution in [-0.2, 0) is 11.8 Å². The van der Waals surface area contributed by atoms with Gasteiger partial charge in [0.1, 0.15) is 5.82 Å². The molecule has 0 radical (unpaired) electrons. The van der Waals surface area contributed by atoms with Crippen molar-refractivity contribution in [3.63, 3.8) is 0 Å². The van der Waals surface area contributed by atoms with E-state index < -0.39 is 0 Å². The van der Waals surface area contributed by atoms with E-state index in [0.717, 1.165) is 35.4 Å². The summed E-state index contributed by atoms with van der Waals surface area (Å²) in [5.41, 5.74) is 1.85. The normalized spacial score (nSPS) is 21.7. The molecule has 1 atom stereocenters. The van der Waals surface area contributed by atoms with Gasteiger partial charge in [-0.3, -0.25) is 9.67 Å². The standard InChI is InChI=1S/C20H24N6O/c1-26-19-16(12-22-26)18(24-17(25-19)14-5-9-21-10-6-14)23-15-11-20(27-13-15)7-3-2-4-8-20/h5-6,9-10,12,15H,2-4,7-8,11,13H2,1H3,(H,23,24,25)/t15-/m1/s1. The van der Waals surface area contributed by atoms with Crippen molar-refractivity contribution in [3.05, 3.63) is 30.7 Å². The third-order valence-electron chi connectivity index (χ3n) is 5.85. The minimum absolute atomic E-state index is 0.0743. The summed E-state index contributed by atoms with van der Waals surface area (Å²) in [7, 11) is 1.91. The third-order valence-corrected chi connectivity index (χ3v) is 5.85. The number of aryl methyl sites for hydroxylation is 1. The van der Waals surface area contributed by atoms with Gasteiger partial charge in [0, 0.05) is 25.0 Å². The van der Waals surface area contributed by atoms with Gasteiger partial charge in [-0.25, -0.2) is 9.97 Å². The zero-order chi connectivity index (χ0) is 18.3. The summed E-state index contributed by atoms with van der Waals surface area (Å²) >= 11 is 0. The molecule has 1 N–H and O–H groups in total. The van der Waals surface area contributed by atoms with E-state index in [0.29, 0.717) is 5.82 Å². The summed E-state index contributed by atoms with van der Waals surface area (Å²) in [6.45, 7) is 0.732. The molecule has 1 aliphatic carbocycles. The Bertz CT molecular complexity index is 948. The van der Waals surface area contributed by atoms with Crippen LogP contribution in [0, 0.1) is 0 Å². The molecule has 7 nitrogen and oxygen atoms in total. The van der Waals surface area contributed by atoms with Crippen LogP contribution in [0.15, 0.2) is 30.7 Å². The molecule has 1 saturated heterocycles. The summed E-state index contributed by atoms with van der Waals surface area (Å²) in [6, 6.07) is 4.13. The first-order valence-corrected chi connectivity index (χ1v) is 9.73. The third kappa shape index (κ3) is 3.06. The number of hydrogen-bond acceptors (Lipinski definition) is 6. The fourth-order valence-electron chi connectivity index (χ4n) is 4.44. The first-order chi connectivity index (χ1) is 13.2. The summed E-state index contributed by atoms with van der Waals surface area (Å²) < 4.78 is 8.06. The lowest BCUT2D eigenvalue weighted by molar-refractivity contribution is -0.0244. The second-order valence-electron chi connectivity index (χ2n) is 7.74. The molecular weight excluding hydrogens is 340 g/mol. The first kappa shape index (κ1) is 16.6. The average Bonchev–Trinajstić information content (AvgIpc) is 3.27. The van der Waals surface area contributed by atoms with Gasteiger partial charge in [-0.05, 0) is 31.4 Å². The maximum atomic E-state index is 6.26. The molecule has 0 bridgehead atoms. The average molecular weight is 364 g/mol. The Morgan fingerprint density at radius 3 is 2.78 bits per heavy atom. The maximum Gasteiger partial charge on any atom is 0.164 e. The molecule has 2 aliphatic rings. The molecule has 4 heterocycles. The second kappa shape index (κ2) is 6.56. The van der Waals surface area contributed by atoms with Crippen LogP contribution in [0.4, 0.5) is 5.82 Å². The van der Waals surface area contributed by atoms with Crippen molar-refractivity contribution in [1.82, 2.24) is 24.7 Å². The molecule has 1 saturated carbocycles. The van der Waals surface area contributed by atoms with E-state index >= 15 is 0 Å². The summed E-state index contributed by atoms with van der Waals surface area (Å²) in [6.07, 6.45) is 12.6. The van der Waals surface area contributed by atoms with Gasteiger partial charge in [-0.15, -0.1) is 0 Å². The molecule has 0 aromatic carbocycles. The summed E-state index contributed by atoms with van der Waals surface area (Å²) in [5, 5.41) is 8.96. The van der Waals surface area contributed by atoms with E-state index in [-0.39, 0.29) is 11.6 Å². The number of ether oxygens (including phenoxy) is 1. The van der Waals surface area contributed by atoms with Crippen LogP contribution in [0.1, 0.15) is 38.5 Å². The molecule has 1 spiro atoms. The molecular formula is C20H24N6O. The van der Waals surface area contributed by atoms with Crippen LogP contribution >= 0.6 is 0 Å². The van der Waals surface area contributed by atoms with Gasteiger partial charge in [0.15, 0.2) is 11.5 Å². The summed E-state index contributed by atoms with van der Waals surface area (Å²) in [5.74, 6) is 1.52. The Kier molecular flexibility index (Phi) is 4.04. The Labute approximate surface area is 158 Å². The van der Waals surface area contributed by atoms with Crippen molar-refractivity contribution in [2.45, 2.75) is 50.2 Å². The van der Waals surface area contributed by atoms with Gasteiger partial charge in [0.05, 0.1) is 29.8 Å². The van der Waals surface area contributed by atoms with E-state index in [1.54, 1.807) is 17.1 Å². The molecule has 7 heteroatoms. The Morgan fingerprint density at radius 1 is 1.15 bits per heavy atom. The monoisotopic (exact) mass is 364 g/mol. The zero-order valence-corrected chi connectivity index (χ0v) is 15.6. The highest BCUT2D eigenvalue weighted by molar-refractivity contribution is 5.88. The lowest BCUT2D eigenvalue weighted by Crippen LogP contribution is -2.31. The number of fused-ring (bicyclic) bond motifs is 1. The van der Waals surface area contributed by atoms with Crippen LogP contribution in [-0.4, -0.2) is 43.0 Å². The SMILES string of the molecule is Cn1ncc2c(N[C@H]3COC4(CCCCC4)C3)nc(-c3ccncc3)nc21. The second-order valence-corrected chi connectivity index (χ2v) is 7.74. The highest BCUT2D eigenvalue weighted by Crippen LogP contribution is 2.40. The fraction of sp³-hybridized carbons (Fsp3) is 0.500. The number of aromatic nitrogens is 5. The first-order valence-electron chi connectivity index (χ1n) is 9.73. The fourth-order valence-corrected chi connectivity index (χ4v) is 4.44. The van der Waals surface area contributed by atoms with E-state index in [9.17, 15) is 0 Å². The van der Waals surface area contributed by atoms with E-state index in [2.05, 4.69) is 15.4 Å². The van der Waals surface area contributed by atoms with Gasteiger partial charge in [0.2, 0.25) is 0 Å². The molecule has 1 aliphatic heterocycles. The lowest BCUT2D eigenvalue weighted by Gasteiger charge is -2.32. The Balaban J connectivity index is 1.47. The molecule has 3 aromatic rings. The number of hydrogen-bond donors (Lipinski definition) is 1. The van der Waals surface area contributed by atoms with Crippen molar-refractivity contribution in [3.8, 4) is 11.4 Å². The van der Waals surface area contributed by atoms with Crippen molar-refractivity contribution in [1.29, 1.82) is 0 Å². The van der Waals surface area contributed by atoms with Gasteiger partial charge >= 0.3 is 0 Å². The van der Waals surface area contributed by atoms with Crippen molar-refractivity contribution >= 4 is 16.9 Å². The molecule has 2 fully saturated rings. The lowest BCUT2D eigenvalue weighted by atomic mass is 9.82. The van der Waals surface area contributed by atoms with Crippen LogP contribution < -0.4 is 5.32 Å². The predicted molar refractivity (Wildman–Crippen MR) is 103 cm³/mol. The molecule has 0 unspecified atom stereocenters. The molecule has 0 amide bonds. The highest BCUT2D eigenvalue weighted by Gasteiger charge is 2.41. The van der Waals surface area contributed by atoms with Crippen molar-refractivity contribution < 1.29 is 4.74 Å². The van der Waals surface area contributed by atoms with Crippen LogP contribution in [0.5, 0.6) is 0 Å². The largest absolute Gasteiger partial charge is 0.373 e. The van der Waals surface area contributed by atoms with Gasteiger partial charge in [0.25, 0.3) is 0 Å². The Morgan fingerprint density at radius 2 is 1.96 bits per heavy atom. The van der Waals surface area contributed by atoms with Gasteiger partial charge < -0.3 is 10.1 Å². The molecule has 5 rings (SSSR count). The van der Waals surface area contributed by atoms with Crippen molar-refractivity contribution in [2.24, 2.45) is 7.05 Å². The van der Waals surface area contributed by atoms with Crippen LogP contribution in [0.25, 0.3) is 22.4 Å². The van der Waals surface area contributed by atoms with Crippen LogP contribution in [0.2, 0.25) is 0 Å². The molecule has 3 aromatic heterocycles. The minimum Gasteiger partial charge on any atom is -0.373 e. The highest BCUT2D eigenvalue weighted by atomic mass is 16.5. The topological polar surface area (TPSA) is 77.8 Å². The van der Waals surface area contributed by atoms with E-state index in [1.807, 2.05) is 25.4 Å². The van der Waals surface area contributed by atoms with E-state index in [4.69, 9.17) is 14.7 Å². The predicted octanol–water partition coefficient (Wildman–Crippen LogP) is 3.33. The number of anilines is 1. The minimum atomic E-state index is 0.0743. The van der Waals surface area contributed by atoms with Gasteiger partial charge in [-0.1, -0.05) is 19.3 Å². The number of nitrogens with one attached hydrogen (secondary N) is 1.